The van der Waals surface area contributed by atoms with Crippen LogP contribution in [0.25, 0.3) is 0 Å². The van der Waals surface area contributed by atoms with Gasteiger partial charge in [0.2, 0.25) is 0 Å². The largest absolute Gasteiger partial charge is 0.444 e. The number of fused-ring (bicyclic) bond motifs is 1. The van der Waals surface area contributed by atoms with E-state index in [-0.39, 0.29) is 18.0 Å². The van der Waals surface area contributed by atoms with E-state index in [0.29, 0.717) is 6.42 Å². The van der Waals surface area contributed by atoms with Crippen molar-refractivity contribution in [1.82, 2.24) is 0 Å². The second-order valence-corrected chi connectivity index (χ2v) is 6.71. The third-order valence-corrected chi connectivity index (χ3v) is 4.92. The van der Waals surface area contributed by atoms with E-state index in [1.165, 1.54) is 6.07 Å². The molecule has 0 aromatic heterocycles. The van der Waals surface area contributed by atoms with Crippen LogP contribution < -0.4 is 5.32 Å². The highest BCUT2D eigenvalue weighted by atomic mass is 79.9. The molecule has 130 valence electrons. The lowest BCUT2D eigenvalue weighted by Gasteiger charge is -2.21. The average Bonchev–Trinajstić information content (AvgIpc) is 2.63. The maximum absolute atomic E-state index is 12.2. The Morgan fingerprint density at radius 2 is 1.88 bits per heavy atom. The fraction of sp³-hybridized carbons (Fsp3) is 0.278. The number of benzene rings is 2. The lowest BCUT2D eigenvalue weighted by molar-refractivity contribution is -0.384. The topological polar surface area (TPSA) is 81.5 Å². The number of anilines is 1. The minimum Gasteiger partial charge on any atom is -0.444 e. The highest BCUT2D eigenvalue weighted by molar-refractivity contribution is 9.10. The van der Waals surface area contributed by atoms with Gasteiger partial charge >= 0.3 is 6.09 Å². The summed E-state index contributed by atoms with van der Waals surface area (Å²) in [5.74, 6) is 0. The number of hydrogen-bond acceptors (Lipinski definition) is 4. The molecule has 0 fully saturated rings. The van der Waals surface area contributed by atoms with Gasteiger partial charge in [-0.2, -0.15) is 0 Å². The molecule has 7 heteroatoms. The summed E-state index contributed by atoms with van der Waals surface area (Å²) in [6, 6.07) is 10.7. The summed E-state index contributed by atoms with van der Waals surface area (Å²) in [4.78, 5) is 23.1. The molecule has 0 saturated carbocycles. The molecule has 0 bridgehead atoms. The fourth-order valence-electron chi connectivity index (χ4n) is 3.02. The van der Waals surface area contributed by atoms with Crippen LogP contribution in [0, 0.1) is 10.1 Å². The predicted molar refractivity (Wildman–Crippen MR) is 97.7 cm³/mol. The van der Waals surface area contributed by atoms with Crippen LogP contribution in [0.4, 0.5) is 16.2 Å². The van der Waals surface area contributed by atoms with Crippen molar-refractivity contribution < 1.29 is 14.5 Å². The van der Waals surface area contributed by atoms with Gasteiger partial charge in [-0.05, 0) is 42.4 Å². The van der Waals surface area contributed by atoms with E-state index in [9.17, 15) is 14.9 Å². The van der Waals surface area contributed by atoms with Crippen molar-refractivity contribution in [2.45, 2.75) is 32.3 Å². The number of nitrogens with zero attached hydrogens (tertiary/aromatic N) is 1. The first kappa shape index (κ1) is 17.4. The van der Waals surface area contributed by atoms with Crippen LogP contribution in [0.15, 0.2) is 40.9 Å². The summed E-state index contributed by atoms with van der Waals surface area (Å²) in [6.45, 7) is 0.110. The Morgan fingerprint density at radius 3 is 2.56 bits per heavy atom. The number of carbonyl (C=O) groups excluding carboxylic acids is 1. The quantitative estimate of drug-likeness (QED) is 0.574. The summed E-state index contributed by atoms with van der Waals surface area (Å²) in [5.41, 5.74) is 2.83. The molecule has 25 heavy (non-hydrogen) atoms. The molecule has 1 aliphatic carbocycles. The molecule has 6 nitrogen and oxygen atoms in total. The Morgan fingerprint density at radius 1 is 1.20 bits per heavy atom. The minimum atomic E-state index is -0.693. The molecule has 1 aliphatic rings. The summed E-state index contributed by atoms with van der Waals surface area (Å²) in [5, 5.41) is 14.0. The van der Waals surface area contributed by atoms with Gasteiger partial charge in [0.25, 0.3) is 5.69 Å². The Bertz CT molecular complexity index is 808. The molecule has 0 aliphatic heterocycles. The molecule has 2 aromatic carbocycles. The van der Waals surface area contributed by atoms with Crippen molar-refractivity contribution in [3.05, 3.63) is 67.7 Å². The van der Waals surface area contributed by atoms with E-state index in [0.717, 1.165) is 40.4 Å². The van der Waals surface area contributed by atoms with Crippen molar-refractivity contribution in [3.63, 3.8) is 0 Å². The van der Waals surface area contributed by atoms with Gasteiger partial charge in [0.1, 0.15) is 12.3 Å². The maximum Gasteiger partial charge on any atom is 0.412 e. The molecule has 1 N–H and O–H groups in total. The highest BCUT2D eigenvalue weighted by Gasteiger charge is 2.27. The summed E-state index contributed by atoms with van der Waals surface area (Å²) in [7, 11) is 0. The first-order valence-electron chi connectivity index (χ1n) is 8.02. The van der Waals surface area contributed by atoms with E-state index in [1.807, 2.05) is 30.3 Å². The number of ether oxygens (including phenoxy) is 1. The predicted octanol–water partition coefficient (Wildman–Crippen LogP) is 4.98. The number of hydrogen-bond donors (Lipinski definition) is 1. The lowest BCUT2D eigenvalue weighted by atomic mass is 9.89. The zero-order chi connectivity index (χ0) is 17.8. The summed E-state index contributed by atoms with van der Waals surface area (Å²) < 4.78 is 5.92. The van der Waals surface area contributed by atoms with Gasteiger partial charge in [-0.3, -0.25) is 15.4 Å². The molecule has 0 radical (unpaired) electrons. The van der Waals surface area contributed by atoms with Gasteiger partial charge in [-0.15, -0.1) is 0 Å². The number of amides is 1. The molecule has 0 spiro atoms. The van der Waals surface area contributed by atoms with E-state index < -0.39 is 11.0 Å². The SMILES string of the molecule is O=C(Nc1c([N+](=O)[O-])cc(Br)c2c1CCCC2)OCc1ccccc1. The van der Waals surface area contributed by atoms with E-state index in [2.05, 4.69) is 21.2 Å². The van der Waals surface area contributed by atoms with Crippen LogP contribution in [0.5, 0.6) is 0 Å². The minimum absolute atomic E-state index is 0.110. The fourth-order valence-corrected chi connectivity index (χ4v) is 3.68. The maximum atomic E-state index is 12.2. The normalized spacial score (nSPS) is 13.0. The van der Waals surface area contributed by atoms with Crippen LogP contribution in [-0.4, -0.2) is 11.0 Å². The number of halogens is 1. The van der Waals surface area contributed by atoms with Crippen LogP contribution in [0.2, 0.25) is 0 Å². The van der Waals surface area contributed by atoms with Crippen molar-refractivity contribution in [1.29, 1.82) is 0 Å². The zero-order valence-electron chi connectivity index (χ0n) is 13.5. The van der Waals surface area contributed by atoms with Crippen LogP contribution in [0.3, 0.4) is 0 Å². The Balaban J connectivity index is 1.83. The third kappa shape index (κ3) is 3.99. The lowest BCUT2D eigenvalue weighted by Crippen LogP contribution is -2.18. The number of rotatable bonds is 4. The average molecular weight is 405 g/mol. The molecule has 3 rings (SSSR count). The Kier molecular flexibility index (Phi) is 5.33. The number of nitrogens with one attached hydrogen (secondary N) is 1. The van der Waals surface area contributed by atoms with Crippen LogP contribution >= 0.6 is 15.9 Å². The zero-order valence-corrected chi connectivity index (χ0v) is 15.0. The van der Waals surface area contributed by atoms with Gasteiger partial charge < -0.3 is 4.74 Å². The molecule has 0 atom stereocenters. The van der Waals surface area contributed by atoms with Gasteiger partial charge in [0.05, 0.1) is 4.92 Å². The van der Waals surface area contributed by atoms with Crippen molar-refractivity contribution >= 4 is 33.4 Å². The Labute approximate surface area is 153 Å². The second-order valence-electron chi connectivity index (χ2n) is 5.86. The van der Waals surface area contributed by atoms with Gasteiger partial charge in [0, 0.05) is 10.5 Å². The first-order valence-corrected chi connectivity index (χ1v) is 8.82. The monoisotopic (exact) mass is 404 g/mol. The standard InChI is InChI=1S/C18H17BrN2O4/c19-15-10-16(21(23)24)17(14-9-5-4-8-13(14)15)20-18(22)25-11-12-6-2-1-3-7-12/h1-3,6-7,10H,4-5,8-9,11H2,(H,20,22). The van der Waals surface area contributed by atoms with E-state index in [4.69, 9.17) is 4.74 Å². The molecule has 0 unspecified atom stereocenters. The number of nitro benzene ring substituents is 1. The van der Waals surface area contributed by atoms with Crippen molar-refractivity contribution in [2.24, 2.45) is 0 Å². The third-order valence-electron chi connectivity index (χ3n) is 4.21. The number of carbonyl (C=O) groups is 1. The second kappa shape index (κ2) is 7.65. The molecular formula is C18H17BrN2O4. The van der Waals surface area contributed by atoms with Gasteiger partial charge in [-0.1, -0.05) is 46.3 Å². The first-order chi connectivity index (χ1) is 12.1. The van der Waals surface area contributed by atoms with Gasteiger partial charge in [-0.25, -0.2) is 4.79 Å². The van der Waals surface area contributed by atoms with Gasteiger partial charge in [0.15, 0.2) is 0 Å². The molecule has 0 heterocycles. The van der Waals surface area contributed by atoms with E-state index in [1.54, 1.807) is 0 Å². The summed E-state index contributed by atoms with van der Waals surface area (Å²) in [6.07, 6.45) is 2.81. The smallest absolute Gasteiger partial charge is 0.412 e. The van der Waals surface area contributed by atoms with E-state index >= 15 is 0 Å². The number of nitro groups is 1. The van der Waals surface area contributed by atoms with Crippen LogP contribution in [0.1, 0.15) is 29.5 Å². The molecule has 2 aromatic rings. The van der Waals surface area contributed by atoms with Crippen LogP contribution in [-0.2, 0) is 24.2 Å². The molecule has 1 amide bonds. The molecular weight excluding hydrogens is 388 g/mol. The Hall–Kier alpha value is -2.41. The summed E-state index contributed by atoms with van der Waals surface area (Å²) >= 11 is 3.41. The van der Waals surface area contributed by atoms with Crippen molar-refractivity contribution in [2.75, 3.05) is 5.32 Å². The molecule has 0 saturated heterocycles. The highest BCUT2D eigenvalue weighted by Crippen LogP contribution is 2.40. The van der Waals surface area contributed by atoms with Crippen molar-refractivity contribution in [3.8, 4) is 0 Å².